The molecule has 2 rings (SSSR count). The molecule has 0 aliphatic rings. The highest BCUT2D eigenvalue weighted by Gasteiger charge is 2.22. The lowest BCUT2D eigenvalue weighted by Gasteiger charge is -2.14. The number of amides is 1. The van der Waals surface area contributed by atoms with E-state index in [0.717, 1.165) is 11.1 Å². The second kappa shape index (κ2) is 6.45. The first kappa shape index (κ1) is 15.1. The number of aromatic nitrogens is 1. The van der Waals surface area contributed by atoms with Gasteiger partial charge < -0.3 is 10.4 Å². The molecule has 0 spiro atoms. The predicted molar refractivity (Wildman–Crippen MR) is 75.5 cm³/mol. The zero-order chi connectivity index (χ0) is 15.4. The number of halogens is 1. The van der Waals surface area contributed by atoms with Crippen molar-refractivity contribution in [3.8, 4) is 0 Å². The van der Waals surface area contributed by atoms with E-state index in [2.05, 4.69) is 10.3 Å². The van der Waals surface area contributed by atoms with Crippen LogP contribution in [0.1, 0.15) is 22.3 Å². The van der Waals surface area contributed by atoms with E-state index in [4.69, 9.17) is 0 Å². The number of aryl methyl sites for hydroxylation is 1. The molecule has 1 atom stereocenters. The number of carboxylic acids is 1. The van der Waals surface area contributed by atoms with Crippen LogP contribution >= 0.6 is 11.3 Å². The summed E-state index contributed by atoms with van der Waals surface area (Å²) in [4.78, 5) is 27.3. The van der Waals surface area contributed by atoms with E-state index >= 15 is 0 Å². The van der Waals surface area contributed by atoms with Gasteiger partial charge in [0.15, 0.2) is 6.04 Å². The fourth-order valence-electron chi connectivity index (χ4n) is 1.84. The standard InChI is InChI=1S/C14H13FN2O3S/c1-8-16-11(7-21-8)6-12(18)17-13(14(19)20)9-3-2-4-10(15)5-9/h2-5,7,13H,6H2,1H3,(H,17,18)(H,19,20)/t13-/m0/s1. The fourth-order valence-corrected chi connectivity index (χ4v) is 2.45. The number of nitrogens with one attached hydrogen (secondary N) is 1. The van der Waals surface area contributed by atoms with Crippen LogP contribution in [0.25, 0.3) is 0 Å². The van der Waals surface area contributed by atoms with Gasteiger partial charge in [-0.3, -0.25) is 4.79 Å². The Morgan fingerprint density at radius 1 is 1.48 bits per heavy atom. The molecule has 0 aliphatic carbocycles. The van der Waals surface area contributed by atoms with Gasteiger partial charge in [0.25, 0.3) is 0 Å². The Morgan fingerprint density at radius 2 is 2.24 bits per heavy atom. The van der Waals surface area contributed by atoms with E-state index in [1.807, 2.05) is 6.92 Å². The molecule has 1 heterocycles. The molecule has 1 aromatic heterocycles. The van der Waals surface area contributed by atoms with Gasteiger partial charge in [-0.05, 0) is 24.6 Å². The van der Waals surface area contributed by atoms with Gasteiger partial charge in [-0.1, -0.05) is 12.1 Å². The highest BCUT2D eigenvalue weighted by Crippen LogP contribution is 2.15. The van der Waals surface area contributed by atoms with Crippen LogP contribution in [-0.4, -0.2) is 22.0 Å². The van der Waals surface area contributed by atoms with Gasteiger partial charge in [-0.2, -0.15) is 0 Å². The zero-order valence-electron chi connectivity index (χ0n) is 11.2. The number of carboxylic acid groups (broad SMARTS) is 1. The van der Waals surface area contributed by atoms with Crippen molar-refractivity contribution in [2.45, 2.75) is 19.4 Å². The van der Waals surface area contributed by atoms with Gasteiger partial charge in [0.1, 0.15) is 5.82 Å². The topological polar surface area (TPSA) is 79.3 Å². The molecular weight excluding hydrogens is 295 g/mol. The molecule has 2 N–H and O–H groups in total. The first-order valence-electron chi connectivity index (χ1n) is 6.14. The Hall–Kier alpha value is -2.28. The Labute approximate surface area is 124 Å². The van der Waals surface area contributed by atoms with Gasteiger partial charge in [-0.25, -0.2) is 14.2 Å². The van der Waals surface area contributed by atoms with E-state index in [-0.39, 0.29) is 12.0 Å². The van der Waals surface area contributed by atoms with Crippen LogP contribution in [0, 0.1) is 12.7 Å². The first-order chi connectivity index (χ1) is 9.95. The van der Waals surface area contributed by atoms with Crippen molar-refractivity contribution in [3.63, 3.8) is 0 Å². The molecule has 0 saturated heterocycles. The van der Waals surface area contributed by atoms with Gasteiger partial charge in [-0.15, -0.1) is 11.3 Å². The van der Waals surface area contributed by atoms with Crippen molar-refractivity contribution >= 4 is 23.2 Å². The minimum absolute atomic E-state index is 0.0105. The van der Waals surface area contributed by atoms with Crippen LogP contribution in [0.15, 0.2) is 29.6 Å². The molecule has 1 amide bonds. The largest absolute Gasteiger partial charge is 0.479 e. The summed E-state index contributed by atoms with van der Waals surface area (Å²) in [6.07, 6.45) is -0.0105. The summed E-state index contributed by atoms with van der Waals surface area (Å²) < 4.78 is 13.2. The molecule has 0 saturated carbocycles. The van der Waals surface area contributed by atoms with Gasteiger partial charge >= 0.3 is 5.97 Å². The molecule has 0 fully saturated rings. The smallest absolute Gasteiger partial charge is 0.330 e. The molecule has 0 unspecified atom stereocenters. The van der Waals surface area contributed by atoms with Crippen LogP contribution in [-0.2, 0) is 16.0 Å². The number of hydrogen-bond donors (Lipinski definition) is 2. The third-order valence-electron chi connectivity index (χ3n) is 2.74. The molecular formula is C14H13FN2O3S. The van der Waals surface area contributed by atoms with Crippen LogP contribution in [0.3, 0.4) is 0 Å². The summed E-state index contributed by atoms with van der Waals surface area (Å²) in [6, 6.07) is 3.87. The van der Waals surface area contributed by atoms with Crippen molar-refractivity contribution in [1.82, 2.24) is 10.3 Å². The lowest BCUT2D eigenvalue weighted by molar-refractivity contribution is -0.142. The number of thiazole rings is 1. The summed E-state index contributed by atoms with van der Waals surface area (Å²) in [5.41, 5.74) is 0.767. The van der Waals surface area contributed by atoms with E-state index in [1.165, 1.54) is 29.5 Å². The molecule has 110 valence electrons. The molecule has 1 aromatic carbocycles. The second-order valence-electron chi connectivity index (χ2n) is 4.43. The molecule has 0 aliphatic heterocycles. The first-order valence-corrected chi connectivity index (χ1v) is 7.02. The lowest BCUT2D eigenvalue weighted by Crippen LogP contribution is -2.34. The normalized spacial score (nSPS) is 11.9. The second-order valence-corrected chi connectivity index (χ2v) is 5.49. The lowest BCUT2D eigenvalue weighted by atomic mass is 10.1. The maximum absolute atomic E-state index is 13.2. The number of aliphatic carboxylic acids is 1. The van der Waals surface area contributed by atoms with Gasteiger partial charge in [0.05, 0.1) is 17.1 Å². The van der Waals surface area contributed by atoms with Crippen LogP contribution in [0.5, 0.6) is 0 Å². The van der Waals surface area contributed by atoms with Crippen molar-refractivity contribution in [2.24, 2.45) is 0 Å². The Balaban J connectivity index is 2.09. The summed E-state index contributed by atoms with van der Waals surface area (Å²) in [6.45, 7) is 1.82. The van der Waals surface area contributed by atoms with Crippen molar-refractivity contribution in [3.05, 3.63) is 51.7 Å². The third-order valence-corrected chi connectivity index (χ3v) is 3.56. The molecule has 7 heteroatoms. The average molecular weight is 308 g/mol. The van der Waals surface area contributed by atoms with Crippen LogP contribution < -0.4 is 5.32 Å². The molecule has 0 bridgehead atoms. The summed E-state index contributed by atoms with van der Waals surface area (Å²) in [7, 11) is 0. The molecule has 21 heavy (non-hydrogen) atoms. The minimum Gasteiger partial charge on any atom is -0.479 e. The highest BCUT2D eigenvalue weighted by molar-refractivity contribution is 7.09. The van der Waals surface area contributed by atoms with E-state index < -0.39 is 23.7 Å². The van der Waals surface area contributed by atoms with E-state index in [0.29, 0.717) is 5.69 Å². The van der Waals surface area contributed by atoms with E-state index in [9.17, 15) is 19.1 Å². The number of benzene rings is 1. The number of hydrogen-bond acceptors (Lipinski definition) is 4. The quantitative estimate of drug-likeness (QED) is 0.886. The monoisotopic (exact) mass is 308 g/mol. The number of rotatable bonds is 5. The number of nitrogens with zero attached hydrogens (tertiary/aromatic N) is 1. The number of carbonyl (C=O) groups excluding carboxylic acids is 1. The fraction of sp³-hybridized carbons (Fsp3) is 0.214. The van der Waals surface area contributed by atoms with Gasteiger partial charge in [0.2, 0.25) is 5.91 Å². The van der Waals surface area contributed by atoms with Gasteiger partial charge in [0, 0.05) is 5.38 Å². The third kappa shape index (κ3) is 4.09. The maximum Gasteiger partial charge on any atom is 0.330 e. The summed E-state index contributed by atoms with van der Waals surface area (Å²) >= 11 is 1.41. The van der Waals surface area contributed by atoms with Crippen LogP contribution in [0.4, 0.5) is 4.39 Å². The Bertz CT molecular complexity index is 672. The molecule has 0 radical (unpaired) electrons. The zero-order valence-corrected chi connectivity index (χ0v) is 12.0. The van der Waals surface area contributed by atoms with Crippen molar-refractivity contribution in [1.29, 1.82) is 0 Å². The average Bonchev–Trinajstić information content (AvgIpc) is 2.81. The highest BCUT2D eigenvalue weighted by atomic mass is 32.1. The molecule has 5 nitrogen and oxygen atoms in total. The Kier molecular flexibility index (Phi) is 4.64. The summed E-state index contributed by atoms with van der Waals surface area (Å²) in [5.74, 6) is -2.27. The van der Waals surface area contributed by atoms with Crippen molar-refractivity contribution in [2.75, 3.05) is 0 Å². The minimum atomic E-state index is -1.28. The Morgan fingerprint density at radius 3 is 2.81 bits per heavy atom. The maximum atomic E-state index is 13.2. The summed E-state index contributed by atoms with van der Waals surface area (Å²) in [5, 5.41) is 14.1. The molecule has 2 aromatic rings. The SMILES string of the molecule is Cc1nc(CC(=O)N[C@H](C(=O)O)c2cccc(F)c2)cs1. The van der Waals surface area contributed by atoms with Crippen LogP contribution in [0.2, 0.25) is 0 Å². The number of carbonyl (C=O) groups is 2. The predicted octanol–water partition coefficient (Wildman–Crippen LogP) is 2.08. The van der Waals surface area contributed by atoms with E-state index in [1.54, 1.807) is 5.38 Å². The van der Waals surface area contributed by atoms with Crippen molar-refractivity contribution < 1.29 is 19.1 Å².